The highest BCUT2D eigenvalue weighted by Crippen LogP contribution is 2.30. The number of nitrogens with zero attached hydrogens (tertiary/aromatic N) is 1. The molecule has 1 atom stereocenters. The van der Waals surface area contributed by atoms with E-state index in [0.29, 0.717) is 18.9 Å². The van der Waals surface area contributed by atoms with E-state index in [-0.39, 0.29) is 11.5 Å². The molecule has 1 amide bonds. The molecule has 0 fully saturated rings. The van der Waals surface area contributed by atoms with Crippen molar-refractivity contribution in [2.24, 2.45) is 5.92 Å². The molecule has 18 heavy (non-hydrogen) atoms. The maximum absolute atomic E-state index is 11.9. The van der Waals surface area contributed by atoms with Crippen molar-refractivity contribution in [3.05, 3.63) is 29.3 Å². The van der Waals surface area contributed by atoms with E-state index in [9.17, 15) is 9.59 Å². The molecule has 0 aliphatic carbocycles. The summed E-state index contributed by atoms with van der Waals surface area (Å²) in [7, 11) is 0. The summed E-state index contributed by atoms with van der Waals surface area (Å²) in [6.45, 7) is 4.83. The quantitative estimate of drug-likeness (QED) is 0.888. The summed E-state index contributed by atoms with van der Waals surface area (Å²) in [6, 6.07) is 4.90. The lowest BCUT2D eigenvalue weighted by atomic mass is 10.1. The Morgan fingerprint density at radius 1 is 1.50 bits per heavy atom. The van der Waals surface area contributed by atoms with Gasteiger partial charge < -0.3 is 10.0 Å². The number of hydrogen-bond donors (Lipinski definition) is 1. The van der Waals surface area contributed by atoms with Gasteiger partial charge in [-0.2, -0.15) is 0 Å². The van der Waals surface area contributed by atoms with Gasteiger partial charge in [-0.05, 0) is 23.6 Å². The Balaban J connectivity index is 2.33. The molecular weight excluding hydrogens is 230 g/mol. The van der Waals surface area contributed by atoms with Gasteiger partial charge >= 0.3 is 5.97 Å². The standard InChI is InChI=1S/C14H17NO3/c1-3-9(2)8-15-12-6-11(14(17)18)5-4-10(12)7-13(15)16/h4-6,9H,3,7-8H2,1-2H3,(H,17,18). The van der Waals surface area contributed by atoms with Crippen molar-refractivity contribution in [2.75, 3.05) is 11.4 Å². The molecule has 96 valence electrons. The fourth-order valence-corrected chi connectivity index (χ4v) is 2.13. The Kier molecular flexibility index (Phi) is 3.36. The van der Waals surface area contributed by atoms with Crippen molar-refractivity contribution in [3.8, 4) is 0 Å². The summed E-state index contributed by atoms with van der Waals surface area (Å²) < 4.78 is 0. The van der Waals surface area contributed by atoms with Crippen LogP contribution in [0.15, 0.2) is 18.2 Å². The number of carbonyl (C=O) groups is 2. The molecule has 0 saturated heterocycles. The number of carbonyl (C=O) groups excluding carboxylic acids is 1. The van der Waals surface area contributed by atoms with Crippen LogP contribution in [0.5, 0.6) is 0 Å². The first-order chi connectivity index (χ1) is 8.52. The smallest absolute Gasteiger partial charge is 0.335 e. The molecule has 1 aromatic rings. The normalized spacial score (nSPS) is 15.7. The van der Waals surface area contributed by atoms with Gasteiger partial charge in [-0.1, -0.05) is 26.3 Å². The van der Waals surface area contributed by atoms with Crippen LogP contribution in [0.4, 0.5) is 5.69 Å². The predicted octanol–water partition coefficient (Wildman–Crippen LogP) is 2.32. The number of fused-ring (bicyclic) bond motifs is 1. The van der Waals surface area contributed by atoms with Gasteiger partial charge in [0.25, 0.3) is 0 Å². The van der Waals surface area contributed by atoms with E-state index in [1.165, 1.54) is 0 Å². The number of carboxylic acid groups (broad SMARTS) is 1. The Morgan fingerprint density at radius 2 is 2.22 bits per heavy atom. The number of aromatic carboxylic acids is 1. The van der Waals surface area contributed by atoms with Gasteiger partial charge in [0.15, 0.2) is 0 Å². The maximum atomic E-state index is 11.9. The molecule has 1 N–H and O–H groups in total. The lowest BCUT2D eigenvalue weighted by Crippen LogP contribution is -2.31. The zero-order valence-electron chi connectivity index (χ0n) is 10.6. The number of benzene rings is 1. The molecule has 0 spiro atoms. The van der Waals surface area contributed by atoms with E-state index in [1.807, 2.05) is 0 Å². The van der Waals surface area contributed by atoms with E-state index in [1.54, 1.807) is 23.1 Å². The number of rotatable bonds is 4. The van der Waals surface area contributed by atoms with Gasteiger partial charge in [0.2, 0.25) is 5.91 Å². The third kappa shape index (κ3) is 2.23. The molecule has 1 unspecified atom stereocenters. The van der Waals surface area contributed by atoms with Gasteiger partial charge in [0, 0.05) is 12.2 Å². The third-order valence-electron chi connectivity index (χ3n) is 3.46. The Bertz CT molecular complexity index is 496. The SMILES string of the molecule is CCC(C)CN1C(=O)Cc2ccc(C(=O)O)cc21. The van der Waals surface area contributed by atoms with Crippen LogP contribution in [0.2, 0.25) is 0 Å². The second-order valence-corrected chi connectivity index (χ2v) is 4.84. The highest BCUT2D eigenvalue weighted by molar-refractivity contribution is 6.03. The molecule has 4 nitrogen and oxygen atoms in total. The molecule has 1 aliphatic heterocycles. The van der Waals surface area contributed by atoms with E-state index >= 15 is 0 Å². The van der Waals surface area contributed by atoms with Crippen molar-refractivity contribution < 1.29 is 14.7 Å². The first-order valence-corrected chi connectivity index (χ1v) is 6.19. The second-order valence-electron chi connectivity index (χ2n) is 4.84. The third-order valence-corrected chi connectivity index (χ3v) is 3.46. The lowest BCUT2D eigenvalue weighted by molar-refractivity contribution is -0.117. The van der Waals surface area contributed by atoms with Gasteiger partial charge in [-0.3, -0.25) is 4.79 Å². The Hall–Kier alpha value is -1.84. The summed E-state index contributed by atoms with van der Waals surface area (Å²) in [6.07, 6.45) is 1.38. The van der Waals surface area contributed by atoms with E-state index < -0.39 is 5.97 Å². The van der Waals surface area contributed by atoms with E-state index in [4.69, 9.17) is 5.11 Å². The molecule has 0 saturated carbocycles. The maximum Gasteiger partial charge on any atom is 0.335 e. The van der Waals surface area contributed by atoms with Gasteiger partial charge in [-0.25, -0.2) is 4.79 Å². The summed E-state index contributed by atoms with van der Waals surface area (Å²) in [4.78, 5) is 24.6. The first-order valence-electron chi connectivity index (χ1n) is 6.19. The van der Waals surface area contributed by atoms with Crippen LogP contribution in [-0.4, -0.2) is 23.5 Å². The Labute approximate surface area is 106 Å². The summed E-state index contributed by atoms with van der Waals surface area (Å²) in [5, 5.41) is 8.99. The van der Waals surface area contributed by atoms with Crippen molar-refractivity contribution in [3.63, 3.8) is 0 Å². The molecule has 1 aromatic carbocycles. The topological polar surface area (TPSA) is 57.6 Å². The van der Waals surface area contributed by atoms with Crippen LogP contribution >= 0.6 is 0 Å². The average Bonchev–Trinajstić information content (AvgIpc) is 2.65. The van der Waals surface area contributed by atoms with E-state index in [0.717, 1.165) is 17.7 Å². The molecule has 1 aliphatic rings. The van der Waals surface area contributed by atoms with Crippen molar-refractivity contribution in [1.29, 1.82) is 0 Å². The van der Waals surface area contributed by atoms with E-state index in [2.05, 4.69) is 13.8 Å². The molecule has 4 heteroatoms. The van der Waals surface area contributed by atoms with Crippen LogP contribution in [0.25, 0.3) is 0 Å². The van der Waals surface area contributed by atoms with Gasteiger partial charge in [-0.15, -0.1) is 0 Å². The number of amides is 1. The fourth-order valence-electron chi connectivity index (χ4n) is 2.13. The number of carboxylic acids is 1. The first kappa shape index (κ1) is 12.6. The molecule has 2 rings (SSSR count). The van der Waals surface area contributed by atoms with Gasteiger partial charge in [0.1, 0.15) is 0 Å². The number of hydrogen-bond acceptors (Lipinski definition) is 2. The highest BCUT2D eigenvalue weighted by Gasteiger charge is 2.28. The largest absolute Gasteiger partial charge is 0.478 e. The molecule has 1 heterocycles. The van der Waals surface area contributed by atoms with Crippen LogP contribution < -0.4 is 4.90 Å². The highest BCUT2D eigenvalue weighted by atomic mass is 16.4. The average molecular weight is 247 g/mol. The minimum atomic E-state index is -0.958. The van der Waals surface area contributed by atoms with Crippen molar-refractivity contribution in [1.82, 2.24) is 0 Å². The minimum Gasteiger partial charge on any atom is -0.478 e. The monoisotopic (exact) mass is 247 g/mol. The molecular formula is C14H17NO3. The zero-order chi connectivity index (χ0) is 13.3. The number of anilines is 1. The molecule has 0 radical (unpaired) electrons. The van der Waals surface area contributed by atoms with Crippen molar-refractivity contribution in [2.45, 2.75) is 26.7 Å². The lowest BCUT2D eigenvalue weighted by Gasteiger charge is -2.21. The zero-order valence-corrected chi connectivity index (χ0v) is 10.6. The summed E-state index contributed by atoms with van der Waals surface area (Å²) in [5.74, 6) is -0.484. The Morgan fingerprint density at radius 3 is 2.83 bits per heavy atom. The fraction of sp³-hybridized carbons (Fsp3) is 0.429. The summed E-state index contributed by atoms with van der Waals surface area (Å²) >= 11 is 0. The van der Waals surface area contributed by atoms with Crippen molar-refractivity contribution >= 4 is 17.6 Å². The minimum absolute atomic E-state index is 0.0628. The van der Waals surface area contributed by atoms with Crippen LogP contribution in [-0.2, 0) is 11.2 Å². The van der Waals surface area contributed by atoms with Crippen LogP contribution in [0, 0.1) is 5.92 Å². The van der Waals surface area contributed by atoms with Gasteiger partial charge in [0.05, 0.1) is 12.0 Å². The second kappa shape index (κ2) is 4.80. The van der Waals surface area contributed by atoms with Crippen LogP contribution in [0.3, 0.4) is 0 Å². The molecule has 0 aromatic heterocycles. The predicted molar refractivity (Wildman–Crippen MR) is 68.9 cm³/mol. The molecule has 0 bridgehead atoms. The summed E-state index contributed by atoms with van der Waals surface area (Å²) in [5.41, 5.74) is 1.92. The van der Waals surface area contributed by atoms with Crippen LogP contribution in [0.1, 0.15) is 36.2 Å².